The van der Waals surface area contributed by atoms with Crippen LogP contribution in [0.25, 0.3) is 22.7 Å². The quantitative estimate of drug-likeness (QED) is 0.680. The summed E-state index contributed by atoms with van der Waals surface area (Å²) in [5, 5.41) is 9.04. The lowest BCUT2D eigenvalue weighted by Gasteiger charge is -2.18. The van der Waals surface area contributed by atoms with Crippen LogP contribution >= 0.6 is 12.6 Å². The first-order valence-corrected chi connectivity index (χ1v) is 8.16. The van der Waals surface area contributed by atoms with Gasteiger partial charge in [-0.1, -0.05) is 0 Å². The van der Waals surface area contributed by atoms with E-state index in [9.17, 15) is 13.2 Å². The number of nitriles is 1. The fourth-order valence-electron chi connectivity index (χ4n) is 2.42. The molecule has 0 saturated carbocycles. The van der Waals surface area contributed by atoms with Gasteiger partial charge in [-0.15, -0.1) is 12.6 Å². The minimum absolute atomic E-state index is 0.0998. The second-order valence-corrected chi connectivity index (χ2v) is 6.80. The Labute approximate surface area is 158 Å². The molecule has 3 aromatic rings. The van der Waals surface area contributed by atoms with Gasteiger partial charge in [0.15, 0.2) is 17.1 Å². The molecule has 3 heterocycles. The summed E-state index contributed by atoms with van der Waals surface area (Å²) in [4.78, 5) is 12.7. The fourth-order valence-corrected chi connectivity index (χ4v) is 2.71. The lowest BCUT2D eigenvalue weighted by atomic mass is 10.2. The third kappa shape index (κ3) is 3.68. The smallest absolute Gasteiger partial charge is 0.417 e. The molecule has 0 aliphatic heterocycles. The number of pyridine rings is 2. The zero-order chi connectivity index (χ0) is 20.0. The SMILES string of the molecule is Cn1c(-c2ncc(OC(C)(C)C#N)cc2S)nc2cc(C(F)(F)F)cnc21. The van der Waals surface area contributed by atoms with E-state index in [1.165, 1.54) is 10.8 Å². The topological polar surface area (TPSA) is 76.6 Å². The van der Waals surface area contributed by atoms with Crippen LogP contribution < -0.4 is 4.74 Å². The number of halogens is 3. The van der Waals surface area contributed by atoms with Gasteiger partial charge >= 0.3 is 6.18 Å². The van der Waals surface area contributed by atoms with Crippen LogP contribution in [-0.2, 0) is 13.2 Å². The van der Waals surface area contributed by atoms with Gasteiger partial charge in [-0.2, -0.15) is 18.4 Å². The lowest BCUT2D eigenvalue weighted by molar-refractivity contribution is -0.137. The van der Waals surface area contributed by atoms with Crippen LogP contribution in [-0.4, -0.2) is 25.1 Å². The number of hydrogen-bond donors (Lipinski definition) is 1. The number of rotatable bonds is 3. The van der Waals surface area contributed by atoms with Crippen molar-refractivity contribution in [1.29, 1.82) is 5.26 Å². The molecule has 0 unspecified atom stereocenters. The second kappa shape index (κ2) is 6.42. The molecule has 3 aromatic heterocycles. The van der Waals surface area contributed by atoms with Crippen molar-refractivity contribution in [3.8, 4) is 23.3 Å². The van der Waals surface area contributed by atoms with E-state index in [-0.39, 0.29) is 5.52 Å². The summed E-state index contributed by atoms with van der Waals surface area (Å²) in [6.45, 7) is 3.21. The maximum absolute atomic E-state index is 12.9. The van der Waals surface area contributed by atoms with E-state index in [1.807, 2.05) is 6.07 Å². The van der Waals surface area contributed by atoms with Crippen LogP contribution in [0.5, 0.6) is 5.75 Å². The van der Waals surface area contributed by atoms with Gasteiger partial charge in [0.1, 0.15) is 23.0 Å². The Balaban J connectivity index is 2.05. The summed E-state index contributed by atoms with van der Waals surface area (Å²) in [5.74, 6) is 0.652. The number of fused-ring (bicyclic) bond motifs is 1. The van der Waals surface area contributed by atoms with E-state index in [0.717, 1.165) is 12.3 Å². The first-order valence-electron chi connectivity index (χ1n) is 7.71. The Morgan fingerprint density at radius 3 is 2.48 bits per heavy atom. The maximum Gasteiger partial charge on any atom is 0.417 e. The van der Waals surface area contributed by atoms with Crippen molar-refractivity contribution in [2.45, 2.75) is 30.5 Å². The van der Waals surface area contributed by atoms with E-state index < -0.39 is 17.3 Å². The molecular weight excluding hydrogens is 379 g/mol. The maximum atomic E-state index is 12.9. The van der Waals surface area contributed by atoms with Crippen LogP contribution in [0, 0.1) is 11.3 Å². The highest BCUT2D eigenvalue weighted by Gasteiger charge is 2.32. The van der Waals surface area contributed by atoms with Gasteiger partial charge in [0, 0.05) is 18.1 Å². The standard InChI is InChI=1S/C17H14F3N5OS/c1-16(2,8-21)26-10-5-12(27)13(22-7-10)15-24-11-4-9(17(18,19)20)6-23-14(11)25(15)3/h4-7,27H,1-3H3. The molecule has 10 heteroatoms. The van der Waals surface area contributed by atoms with Crippen molar-refractivity contribution in [1.82, 2.24) is 19.5 Å². The fraction of sp³-hybridized carbons (Fsp3) is 0.294. The molecular formula is C17H14F3N5OS. The Hall–Kier alpha value is -2.80. The van der Waals surface area contributed by atoms with Gasteiger partial charge in [0.2, 0.25) is 0 Å². The summed E-state index contributed by atoms with van der Waals surface area (Å²) >= 11 is 4.37. The monoisotopic (exact) mass is 393 g/mol. The number of nitrogens with zero attached hydrogens (tertiary/aromatic N) is 5. The molecule has 0 fully saturated rings. The molecule has 0 bridgehead atoms. The number of imidazole rings is 1. The Bertz CT molecular complexity index is 1070. The largest absolute Gasteiger partial charge is 0.471 e. The Kier molecular flexibility index (Phi) is 4.51. The van der Waals surface area contributed by atoms with Crippen molar-refractivity contribution >= 4 is 23.8 Å². The highest BCUT2D eigenvalue weighted by molar-refractivity contribution is 7.80. The number of thiol groups is 1. The van der Waals surface area contributed by atoms with Gasteiger partial charge in [-0.25, -0.2) is 15.0 Å². The predicted octanol–water partition coefficient (Wildman–Crippen LogP) is 4.02. The minimum Gasteiger partial charge on any atom is -0.471 e. The van der Waals surface area contributed by atoms with Gasteiger partial charge < -0.3 is 9.30 Å². The van der Waals surface area contributed by atoms with Crippen LogP contribution in [0.1, 0.15) is 19.4 Å². The van der Waals surface area contributed by atoms with E-state index >= 15 is 0 Å². The van der Waals surface area contributed by atoms with E-state index in [0.29, 0.717) is 27.8 Å². The number of aromatic nitrogens is 4. The zero-order valence-corrected chi connectivity index (χ0v) is 15.4. The average Bonchev–Trinajstić information content (AvgIpc) is 2.90. The second-order valence-electron chi connectivity index (χ2n) is 6.32. The van der Waals surface area contributed by atoms with Crippen molar-refractivity contribution in [2.75, 3.05) is 0 Å². The summed E-state index contributed by atoms with van der Waals surface area (Å²) < 4.78 is 45.7. The minimum atomic E-state index is -4.50. The van der Waals surface area contributed by atoms with Crippen LogP contribution in [0.4, 0.5) is 13.2 Å². The molecule has 0 aliphatic carbocycles. The summed E-state index contributed by atoms with van der Waals surface area (Å²) in [7, 11) is 1.63. The third-order valence-corrected chi connectivity index (χ3v) is 4.07. The molecule has 0 N–H and O–H groups in total. The lowest BCUT2D eigenvalue weighted by Crippen LogP contribution is -2.25. The predicted molar refractivity (Wildman–Crippen MR) is 94.3 cm³/mol. The molecule has 0 amide bonds. The molecule has 0 atom stereocenters. The van der Waals surface area contributed by atoms with Gasteiger partial charge in [-0.05, 0) is 26.0 Å². The Morgan fingerprint density at radius 1 is 1.19 bits per heavy atom. The molecule has 0 saturated heterocycles. The molecule has 6 nitrogen and oxygen atoms in total. The Morgan fingerprint density at radius 2 is 1.89 bits per heavy atom. The molecule has 0 radical (unpaired) electrons. The number of alkyl halides is 3. The number of hydrogen-bond acceptors (Lipinski definition) is 6. The van der Waals surface area contributed by atoms with Gasteiger partial charge in [0.05, 0.1) is 11.8 Å². The number of ether oxygens (including phenoxy) is 1. The van der Waals surface area contributed by atoms with Crippen LogP contribution in [0.2, 0.25) is 0 Å². The molecule has 0 aromatic carbocycles. The zero-order valence-electron chi connectivity index (χ0n) is 14.5. The third-order valence-electron chi connectivity index (χ3n) is 3.73. The summed E-state index contributed by atoms with van der Waals surface area (Å²) in [6.07, 6.45) is -2.33. The summed E-state index contributed by atoms with van der Waals surface area (Å²) in [6, 6.07) is 4.52. The van der Waals surface area contributed by atoms with Crippen LogP contribution in [0.15, 0.2) is 29.4 Å². The van der Waals surface area contributed by atoms with Crippen molar-refractivity contribution < 1.29 is 17.9 Å². The highest BCUT2D eigenvalue weighted by atomic mass is 32.1. The molecule has 3 rings (SSSR count). The molecule has 27 heavy (non-hydrogen) atoms. The average molecular weight is 393 g/mol. The van der Waals surface area contributed by atoms with Crippen molar-refractivity contribution in [2.24, 2.45) is 7.05 Å². The van der Waals surface area contributed by atoms with Crippen LogP contribution in [0.3, 0.4) is 0 Å². The first-order chi connectivity index (χ1) is 12.5. The molecule has 0 aliphatic rings. The molecule has 140 valence electrons. The van der Waals surface area contributed by atoms with Crippen molar-refractivity contribution in [3.63, 3.8) is 0 Å². The van der Waals surface area contributed by atoms with Crippen molar-refractivity contribution in [3.05, 3.63) is 30.1 Å². The normalized spacial score (nSPS) is 12.2. The number of aryl methyl sites for hydroxylation is 1. The van der Waals surface area contributed by atoms with Gasteiger partial charge in [0.25, 0.3) is 0 Å². The van der Waals surface area contributed by atoms with Gasteiger partial charge in [-0.3, -0.25) is 0 Å². The molecule has 0 spiro atoms. The van der Waals surface area contributed by atoms with E-state index in [4.69, 9.17) is 10.00 Å². The van der Waals surface area contributed by atoms with E-state index in [2.05, 4.69) is 27.6 Å². The summed E-state index contributed by atoms with van der Waals surface area (Å²) in [5.41, 5.74) is -1.17. The highest BCUT2D eigenvalue weighted by Crippen LogP contribution is 2.33. The van der Waals surface area contributed by atoms with E-state index in [1.54, 1.807) is 27.0 Å². The first kappa shape index (κ1) is 19.0.